The van der Waals surface area contributed by atoms with Gasteiger partial charge in [0.2, 0.25) is 17.7 Å². The highest BCUT2D eigenvalue weighted by molar-refractivity contribution is 6.08. The van der Waals surface area contributed by atoms with Crippen molar-refractivity contribution in [2.75, 3.05) is 83.9 Å². The molecule has 3 heterocycles. The number of halogens is 2. The predicted molar refractivity (Wildman–Crippen MR) is 210 cm³/mol. The van der Waals surface area contributed by atoms with Gasteiger partial charge in [-0.15, -0.1) is 0 Å². The molecule has 0 bridgehead atoms. The molecule has 3 atom stereocenters. The van der Waals surface area contributed by atoms with Crippen LogP contribution in [0.25, 0.3) is 10.9 Å². The molecular formula is C38H50F2N10O11. The van der Waals surface area contributed by atoms with Gasteiger partial charge >= 0.3 is 17.9 Å². The van der Waals surface area contributed by atoms with Crippen molar-refractivity contribution in [1.82, 2.24) is 40.5 Å². The van der Waals surface area contributed by atoms with Crippen LogP contribution in [0.15, 0.2) is 30.5 Å². The van der Waals surface area contributed by atoms with Crippen molar-refractivity contribution in [3.63, 3.8) is 0 Å². The molecule has 8 N–H and O–H groups in total. The summed E-state index contributed by atoms with van der Waals surface area (Å²) < 4.78 is 27.6. The second-order valence-electron chi connectivity index (χ2n) is 14.7. The molecule has 0 spiro atoms. The summed E-state index contributed by atoms with van der Waals surface area (Å²) in [6, 6.07) is 5.24. The van der Waals surface area contributed by atoms with Crippen molar-refractivity contribution in [2.24, 2.45) is 0 Å². The van der Waals surface area contributed by atoms with Crippen molar-refractivity contribution < 1.29 is 62.8 Å². The van der Waals surface area contributed by atoms with Gasteiger partial charge in [0.25, 0.3) is 11.8 Å². The minimum Gasteiger partial charge on any atom is -0.480 e. The first-order valence-corrected chi connectivity index (χ1v) is 19.5. The molecule has 2 aromatic rings. The number of hydrogen-bond donors (Lipinski definition) is 8. The van der Waals surface area contributed by atoms with Gasteiger partial charge in [-0.3, -0.25) is 58.6 Å². The lowest BCUT2D eigenvalue weighted by atomic mass is 10.1. The number of alkyl halides is 2. The Kier molecular flexibility index (Phi) is 17.7. The maximum absolute atomic E-state index is 13.8. The Hall–Kier alpha value is -5.93. The average Bonchev–Trinajstić information content (AvgIpc) is 3.57. The maximum Gasteiger partial charge on any atom is 0.320 e. The number of carbonyl (C=O) groups excluding carboxylic acids is 4. The predicted octanol–water partition coefficient (Wildman–Crippen LogP) is -1.21. The van der Waals surface area contributed by atoms with Crippen LogP contribution >= 0.6 is 0 Å². The Morgan fingerprint density at radius 2 is 1.51 bits per heavy atom. The van der Waals surface area contributed by atoms with Crippen LogP contribution in [0.1, 0.15) is 42.5 Å². The number of nitriles is 1. The van der Waals surface area contributed by atoms with Gasteiger partial charge in [-0.05, 0) is 37.1 Å². The van der Waals surface area contributed by atoms with Gasteiger partial charge in [0.05, 0.1) is 43.3 Å². The van der Waals surface area contributed by atoms with Crippen molar-refractivity contribution in [3.05, 3.63) is 36.0 Å². The van der Waals surface area contributed by atoms with Crippen LogP contribution in [-0.4, -0.2) is 189 Å². The van der Waals surface area contributed by atoms with Crippen LogP contribution in [0.5, 0.6) is 0 Å². The number of rotatable bonds is 20. The lowest BCUT2D eigenvalue weighted by Gasteiger charge is -2.31. The van der Waals surface area contributed by atoms with Gasteiger partial charge in [0, 0.05) is 88.9 Å². The largest absolute Gasteiger partial charge is 0.480 e. The summed E-state index contributed by atoms with van der Waals surface area (Å²) in [5.41, 5.74) is 0.732. The summed E-state index contributed by atoms with van der Waals surface area (Å²) in [6.45, 7) is -0.441. The van der Waals surface area contributed by atoms with Crippen molar-refractivity contribution in [3.8, 4) is 6.07 Å². The van der Waals surface area contributed by atoms with Crippen LogP contribution in [0.4, 0.5) is 14.5 Å². The zero-order chi connectivity index (χ0) is 44.7. The number of carboxylic acids is 3. The number of nitrogens with zero attached hydrogens (tertiary/aromatic N) is 6. The molecule has 332 valence electrons. The molecule has 0 aliphatic carbocycles. The number of likely N-dealkylation sites (tertiary alicyclic amines) is 1. The quantitative estimate of drug-likeness (QED) is 0.0572. The number of pyridine rings is 1. The molecule has 21 nitrogen and oxygen atoms in total. The summed E-state index contributed by atoms with van der Waals surface area (Å²) in [4.78, 5) is 95.5. The Labute approximate surface area is 348 Å². The zero-order valence-corrected chi connectivity index (χ0v) is 33.2. The highest BCUT2D eigenvalue weighted by atomic mass is 19.3. The third kappa shape index (κ3) is 15.2. The van der Waals surface area contributed by atoms with E-state index in [4.69, 9.17) is 5.26 Å². The number of benzene rings is 1. The molecule has 2 aliphatic heterocycles. The number of fused-ring (bicyclic) bond motifs is 1. The first-order valence-electron chi connectivity index (χ1n) is 19.5. The minimum absolute atomic E-state index is 0.0151. The van der Waals surface area contributed by atoms with E-state index in [1.807, 2.05) is 0 Å². The topological polar surface area (TPSA) is 298 Å². The van der Waals surface area contributed by atoms with Crippen LogP contribution in [0.2, 0.25) is 0 Å². The molecule has 0 saturated carbocycles. The van der Waals surface area contributed by atoms with E-state index in [1.54, 1.807) is 26.8 Å². The van der Waals surface area contributed by atoms with E-state index < -0.39 is 85.3 Å². The summed E-state index contributed by atoms with van der Waals surface area (Å²) in [5, 5.41) is 59.0. The third-order valence-electron chi connectivity index (χ3n) is 10.1. The lowest BCUT2D eigenvalue weighted by molar-refractivity contribution is -0.145. The molecule has 4 rings (SSSR count). The maximum atomic E-state index is 13.8. The number of anilines is 1. The molecule has 1 aromatic heterocycles. The second-order valence-corrected chi connectivity index (χ2v) is 14.7. The van der Waals surface area contributed by atoms with Gasteiger partial charge in [-0.25, -0.2) is 8.78 Å². The number of hydrogen-bond acceptors (Lipinski definition) is 14. The Bertz CT molecular complexity index is 1940. The Morgan fingerprint density at radius 1 is 0.869 bits per heavy atom. The lowest BCUT2D eigenvalue weighted by Crippen LogP contribution is -2.48. The fraction of sp³-hybridized carbons (Fsp3) is 0.553. The van der Waals surface area contributed by atoms with Gasteiger partial charge < -0.3 is 41.3 Å². The van der Waals surface area contributed by atoms with Gasteiger partial charge in [0.1, 0.15) is 18.3 Å². The van der Waals surface area contributed by atoms with E-state index in [0.29, 0.717) is 24.0 Å². The highest BCUT2D eigenvalue weighted by Gasteiger charge is 2.47. The molecule has 0 radical (unpaired) electrons. The molecule has 2 saturated heterocycles. The Balaban J connectivity index is 1.19. The SMILES string of the molecule is N#C[C@@H]1CC(F)(F)CN1C(=O)CNC(=O)c1ccnc2ccc(NC(=O)CCC(=O)NCCNC(O)CCC(C(=O)O)N3CCN(CC(=O)O)CCN(CC(=O)O)CC3)cc12. The molecule has 2 unspecified atom stereocenters. The highest BCUT2D eigenvalue weighted by Crippen LogP contribution is 2.31. The van der Waals surface area contributed by atoms with Crippen molar-refractivity contribution in [2.45, 2.75) is 56.3 Å². The number of aromatic nitrogens is 1. The summed E-state index contributed by atoms with van der Waals surface area (Å²) in [6.07, 6.45) is -0.938. The third-order valence-corrected chi connectivity index (χ3v) is 10.1. The smallest absolute Gasteiger partial charge is 0.320 e. The normalized spacial score (nSPS) is 18.5. The van der Waals surface area contributed by atoms with Crippen molar-refractivity contribution in [1.29, 1.82) is 5.26 Å². The second kappa shape index (κ2) is 22.6. The number of nitrogens with one attached hydrogen (secondary N) is 4. The number of carbonyl (C=O) groups is 7. The molecule has 4 amide bonds. The van der Waals surface area contributed by atoms with Crippen LogP contribution in [-0.2, 0) is 28.8 Å². The van der Waals surface area contributed by atoms with E-state index in [2.05, 4.69) is 26.3 Å². The van der Waals surface area contributed by atoms with E-state index in [9.17, 15) is 62.8 Å². The molecule has 2 aliphatic rings. The van der Waals surface area contributed by atoms with Crippen LogP contribution in [0.3, 0.4) is 0 Å². The van der Waals surface area contributed by atoms with Crippen molar-refractivity contribution >= 4 is 58.1 Å². The fourth-order valence-corrected chi connectivity index (χ4v) is 7.00. The molecule has 23 heteroatoms. The van der Waals surface area contributed by atoms with Crippen LogP contribution in [0, 0.1) is 11.3 Å². The fourth-order valence-electron chi connectivity index (χ4n) is 7.00. The molecule has 2 fully saturated rings. The first kappa shape index (κ1) is 47.7. The van der Waals surface area contributed by atoms with E-state index in [0.717, 1.165) is 4.90 Å². The summed E-state index contributed by atoms with van der Waals surface area (Å²) in [7, 11) is 0. The van der Waals surface area contributed by atoms with Gasteiger partial charge in [-0.1, -0.05) is 0 Å². The average molecular weight is 861 g/mol. The number of aliphatic hydroxyl groups excluding tert-OH is 1. The van der Waals surface area contributed by atoms with E-state index in [-0.39, 0.29) is 89.3 Å². The number of aliphatic carboxylic acids is 3. The summed E-state index contributed by atoms with van der Waals surface area (Å²) >= 11 is 0. The molecular weight excluding hydrogens is 810 g/mol. The number of aliphatic hydroxyl groups is 1. The standard InChI is InChI=1S/C38H50F2N10O11/c39-38(40)18-25(19-41)50(23-38)33(54)20-45-36(59)26-7-8-42-28-2-1-24(17-27(26)28)46-32(53)6-5-31(52)44-10-9-43-30(51)4-3-29(37(60)61)49-15-13-47(21-34(55)56)11-12-48(14-16-49)22-35(57)58/h1-2,7-8,17,25,29-30,43,51H,3-6,9-16,18,20-23H2,(H,44,52)(H,45,59)(H,46,53)(H,55,56)(H,57,58)(H,60,61)/t25-,29?,30?/m0/s1. The van der Waals surface area contributed by atoms with Crippen LogP contribution < -0.4 is 21.3 Å². The Morgan fingerprint density at radius 3 is 2.13 bits per heavy atom. The molecule has 1 aromatic carbocycles. The van der Waals surface area contributed by atoms with E-state index >= 15 is 0 Å². The minimum atomic E-state index is -3.21. The zero-order valence-electron chi connectivity index (χ0n) is 33.2. The monoisotopic (exact) mass is 860 g/mol. The number of amides is 4. The van der Waals surface area contributed by atoms with Gasteiger partial charge in [0.15, 0.2) is 0 Å². The summed E-state index contributed by atoms with van der Waals surface area (Å²) in [5.74, 6) is -9.04. The number of carboxylic acid groups (broad SMARTS) is 3. The first-order chi connectivity index (χ1) is 28.9. The molecule has 61 heavy (non-hydrogen) atoms. The van der Waals surface area contributed by atoms with Gasteiger partial charge in [-0.2, -0.15) is 5.26 Å². The van der Waals surface area contributed by atoms with E-state index in [1.165, 1.54) is 24.4 Å².